The number of hydrogen-bond donors (Lipinski definition) is 1. The van der Waals surface area contributed by atoms with E-state index in [1.165, 1.54) is 4.57 Å². The first-order valence-electron chi connectivity index (χ1n) is 7.58. The molecular formula is C18H19N3O3. The Labute approximate surface area is 140 Å². The van der Waals surface area contributed by atoms with Crippen LogP contribution in [-0.4, -0.2) is 17.1 Å². The Morgan fingerprint density at radius 2 is 1.96 bits per heavy atom. The van der Waals surface area contributed by atoms with Crippen LogP contribution in [0.3, 0.4) is 0 Å². The Kier molecular flexibility index (Phi) is 5.38. The van der Waals surface area contributed by atoms with Crippen LogP contribution in [0.25, 0.3) is 0 Å². The van der Waals surface area contributed by atoms with Gasteiger partial charge in [-0.2, -0.15) is 5.26 Å². The molecule has 1 aromatic carbocycles. The van der Waals surface area contributed by atoms with Gasteiger partial charge in [0.1, 0.15) is 11.3 Å². The Morgan fingerprint density at radius 3 is 2.54 bits per heavy atom. The molecule has 0 aliphatic carbocycles. The van der Waals surface area contributed by atoms with Gasteiger partial charge in [-0.3, -0.25) is 9.59 Å². The van der Waals surface area contributed by atoms with Crippen molar-refractivity contribution in [1.82, 2.24) is 4.57 Å². The standard InChI is InChI=1S/C18H19N3O3/c1-12-10-13(2)21(18(23)16(12)17(20)22)8-3-9-24-15-6-4-14(11-19)5-7-15/h4-7,10H,3,8-9H2,1-2H3,(H2,20,22). The summed E-state index contributed by atoms with van der Waals surface area (Å²) in [5.74, 6) is -0.0418. The second kappa shape index (κ2) is 7.47. The lowest BCUT2D eigenvalue weighted by Crippen LogP contribution is -2.32. The van der Waals surface area contributed by atoms with E-state index < -0.39 is 5.91 Å². The zero-order valence-corrected chi connectivity index (χ0v) is 13.7. The minimum Gasteiger partial charge on any atom is -0.494 e. The number of rotatable bonds is 6. The topological polar surface area (TPSA) is 98.1 Å². The number of carbonyl (C=O) groups excluding carboxylic acids is 1. The number of aromatic nitrogens is 1. The summed E-state index contributed by atoms with van der Waals surface area (Å²) in [7, 11) is 0. The van der Waals surface area contributed by atoms with Gasteiger partial charge < -0.3 is 15.0 Å². The van der Waals surface area contributed by atoms with E-state index in [0.717, 1.165) is 5.69 Å². The molecule has 24 heavy (non-hydrogen) atoms. The first kappa shape index (κ1) is 17.3. The third-order valence-electron chi connectivity index (χ3n) is 3.73. The molecule has 0 aliphatic heterocycles. The molecule has 0 saturated heterocycles. The lowest BCUT2D eigenvalue weighted by molar-refractivity contribution is 0.0997. The summed E-state index contributed by atoms with van der Waals surface area (Å²) in [5.41, 5.74) is 6.91. The summed E-state index contributed by atoms with van der Waals surface area (Å²) in [4.78, 5) is 23.8. The third kappa shape index (κ3) is 3.82. The Morgan fingerprint density at radius 1 is 1.29 bits per heavy atom. The molecule has 0 unspecified atom stereocenters. The molecule has 0 fully saturated rings. The summed E-state index contributed by atoms with van der Waals surface area (Å²) in [6.45, 7) is 4.37. The number of aryl methyl sites for hydroxylation is 2. The highest BCUT2D eigenvalue weighted by Gasteiger charge is 2.14. The van der Waals surface area contributed by atoms with Crippen molar-refractivity contribution in [3.05, 3.63) is 63.1 Å². The van der Waals surface area contributed by atoms with Crippen LogP contribution in [0.15, 0.2) is 35.1 Å². The zero-order valence-electron chi connectivity index (χ0n) is 13.7. The van der Waals surface area contributed by atoms with Gasteiger partial charge in [0.15, 0.2) is 0 Å². The molecule has 0 spiro atoms. The van der Waals surface area contributed by atoms with E-state index in [-0.39, 0.29) is 11.1 Å². The van der Waals surface area contributed by atoms with E-state index in [0.29, 0.717) is 36.4 Å². The Bertz CT molecular complexity index is 846. The van der Waals surface area contributed by atoms with E-state index in [1.54, 1.807) is 37.3 Å². The molecule has 1 heterocycles. The van der Waals surface area contributed by atoms with E-state index in [4.69, 9.17) is 15.7 Å². The first-order valence-corrected chi connectivity index (χ1v) is 7.58. The highest BCUT2D eigenvalue weighted by atomic mass is 16.5. The fraction of sp³-hybridized carbons (Fsp3) is 0.278. The molecule has 6 nitrogen and oxygen atoms in total. The number of hydrogen-bond acceptors (Lipinski definition) is 4. The maximum atomic E-state index is 12.4. The maximum absolute atomic E-state index is 12.4. The number of ether oxygens (including phenoxy) is 1. The largest absolute Gasteiger partial charge is 0.494 e. The minimum atomic E-state index is -0.708. The minimum absolute atomic E-state index is 0.0358. The van der Waals surface area contributed by atoms with Crippen molar-refractivity contribution >= 4 is 5.91 Å². The van der Waals surface area contributed by atoms with Gasteiger partial charge in [0.05, 0.1) is 18.2 Å². The van der Waals surface area contributed by atoms with Crippen molar-refractivity contribution in [1.29, 1.82) is 5.26 Å². The average molecular weight is 325 g/mol. The van der Waals surface area contributed by atoms with E-state index >= 15 is 0 Å². The highest BCUT2D eigenvalue weighted by Crippen LogP contribution is 2.12. The lowest BCUT2D eigenvalue weighted by Gasteiger charge is -2.13. The van der Waals surface area contributed by atoms with Gasteiger partial charge in [-0.1, -0.05) is 0 Å². The molecule has 0 radical (unpaired) electrons. The van der Waals surface area contributed by atoms with E-state index in [2.05, 4.69) is 0 Å². The molecule has 2 rings (SSSR count). The summed E-state index contributed by atoms with van der Waals surface area (Å²) < 4.78 is 7.13. The summed E-state index contributed by atoms with van der Waals surface area (Å²) in [6, 6.07) is 10.6. The molecule has 1 amide bonds. The van der Waals surface area contributed by atoms with Gasteiger partial charge in [0, 0.05) is 12.2 Å². The van der Waals surface area contributed by atoms with Crippen LogP contribution < -0.4 is 16.0 Å². The number of nitriles is 1. The number of primary amides is 1. The summed E-state index contributed by atoms with van der Waals surface area (Å²) in [6.07, 6.45) is 0.599. The molecule has 1 aromatic heterocycles. The zero-order chi connectivity index (χ0) is 17.7. The number of amides is 1. The molecular weight excluding hydrogens is 306 g/mol. The average Bonchev–Trinajstić information content (AvgIpc) is 2.53. The number of carbonyl (C=O) groups is 1. The van der Waals surface area contributed by atoms with Crippen molar-refractivity contribution in [2.45, 2.75) is 26.8 Å². The van der Waals surface area contributed by atoms with Gasteiger partial charge in [0.25, 0.3) is 11.5 Å². The number of nitrogens with two attached hydrogens (primary N) is 1. The van der Waals surface area contributed by atoms with Crippen molar-refractivity contribution in [3.8, 4) is 11.8 Å². The normalized spacial score (nSPS) is 10.2. The molecule has 124 valence electrons. The fourth-order valence-electron chi connectivity index (χ4n) is 2.54. The van der Waals surface area contributed by atoms with Crippen LogP contribution in [0.1, 0.15) is 33.6 Å². The molecule has 0 bridgehead atoms. The third-order valence-corrected chi connectivity index (χ3v) is 3.73. The van der Waals surface area contributed by atoms with E-state index in [1.807, 2.05) is 13.0 Å². The van der Waals surface area contributed by atoms with Crippen LogP contribution in [0, 0.1) is 25.2 Å². The molecule has 0 aliphatic rings. The van der Waals surface area contributed by atoms with Crippen molar-refractivity contribution in [2.24, 2.45) is 5.73 Å². The number of pyridine rings is 1. The number of benzene rings is 1. The fourth-order valence-corrected chi connectivity index (χ4v) is 2.54. The van der Waals surface area contributed by atoms with Gasteiger partial charge in [-0.05, 0) is 56.2 Å². The highest BCUT2D eigenvalue weighted by molar-refractivity contribution is 5.93. The second-order valence-corrected chi connectivity index (χ2v) is 5.50. The smallest absolute Gasteiger partial charge is 0.263 e. The lowest BCUT2D eigenvalue weighted by atomic mass is 10.1. The van der Waals surface area contributed by atoms with Crippen LogP contribution in [0.5, 0.6) is 5.75 Å². The van der Waals surface area contributed by atoms with Crippen molar-refractivity contribution in [2.75, 3.05) is 6.61 Å². The van der Waals surface area contributed by atoms with Crippen LogP contribution in [0.2, 0.25) is 0 Å². The summed E-state index contributed by atoms with van der Waals surface area (Å²) in [5, 5.41) is 8.75. The molecule has 2 aromatic rings. The van der Waals surface area contributed by atoms with Crippen molar-refractivity contribution < 1.29 is 9.53 Å². The van der Waals surface area contributed by atoms with E-state index in [9.17, 15) is 9.59 Å². The molecule has 0 saturated carbocycles. The Hall–Kier alpha value is -3.07. The van der Waals surface area contributed by atoms with Crippen LogP contribution >= 0.6 is 0 Å². The maximum Gasteiger partial charge on any atom is 0.263 e. The first-order chi connectivity index (χ1) is 11.4. The van der Waals surface area contributed by atoms with Gasteiger partial charge in [0.2, 0.25) is 0 Å². The van der Waals surface area contributed by atoms with Crippen molar-refractivity contribution in [3.63, 3.8) is 0 Å². The number of nitrogens with zero attached hydrogens (tertiary/aromatic N) is 2. The van der Waals surface area contributed by atoms with Gasteiger partial charge >= 0.3 is 0 Å². The monoisotopic (exact) mass is 325 g/mol. The molecule has 6 heteroatoms. The predicted molar refractivity (Wildman–Crippen MR) is 90.0 cm³/mol. The van der Waals surface area contributed by atoms with Crippen LogP contribution in [-0.2, 0) is 6.54 Å². The van der Waals surface area contributed by atoms with Gasteiger partial charge in [-0.15, -0.1) is 0 Å². The van der Waals surface area contributed by atoms with Gasteiger partial charge in [-0.25, -0.2) is 0 Å². The van der Waals surface area contributed by atoms with Crippen LogP contribution in [0.4, 0.5) is 0 Å². The molecule has 2 N–H and O–H groups in total. The SMILES string of the molecule is Cc1cc(C)n(CCCOc2ccc(C#N)cc2)c(=O)c1C(N)=O. The second-order valence-electron chi connectivity index (χ2n) is 5.50. The summed E-state index contributed by atoms with van der Waals surface area (Å²) >= 11 is 0. The Balaban J connectivity index is 2.02. The molecule has 0 atom stereocenters. The predicted octanol–water partition coefficient (Wildman–Crippen LogP) is 1.90. The quantitative estimate of drug-likeness (QED) is 0.820.